The van der Waals surface area contributed by atoms with Gasteiger partial charge < -0.3 is 14.6 Å². The second-order valence-electron chi connectivity index (χ2n) is 5.74. The molecule has 23 heavy (non-hydrogen) atoms. The van der Waals surface area contributed by atoms with Crippen molar-refractivity contribution in [2.45, 2.75) is 18.9 Å². The van der Waals surface area contributed by atoms with Gasteiger partial charge in [-0.3, -0.25) is 4.79 Å². The predicted octanol–water partition coefficient (Wildman–Crippen LogP) is 2.67. The molecule has 1 saturated heterocycles. The fourth-order valence-electron chi connectivity index (χ4n) is 2.82. The maximum absolute atomic E-state index is 12.3. The monoisotopic (exact) mass is 333 g/mol. The molecule has 0 saturated carbocycles. The van der Waals surface area contributed by atoms with Crippen LogP contribution in [-0.4, -0.2) is 35.2 Å². The van der Waals surface area contributed by atoms with Gasteiger partial charge in [0.2, 0.25) is 5.91 Å². The van der Waals surface area contributed by atoms with Crippen molar-refractivity contribution in [1.82, 2.24) is 14.9 Å². The largest absolute Gasteiger partial charge is 0.381 e. The van der Waals surface area contributed by atoms with Crippen molar-refractivity contribution in [3.05, 3.63) is 53.6 Å². The zero-order chi connectivity index (χ0) is 16.1. The molecule has 1 aliphatic heterocycles. The molecule has 2 heterocycles. The second-order valence-corrected chi connectivity index (χ2v) is 6.17. The van der Waals surface area contributed by atoms with Crippen molar-refractivity contribution in [2.24, 2.45) is 5.92 Å². The van der Waals surface area contributed by atoms with E-state index in [1.807, 2.05) is 35.0 Å². The third-order valence-electron chi connectivity index (χ3n) is 4.14. The predicted molar refractivity (Wildman–Crippen MR) is 88.4 cm³/mol. The first-order valence-electron chi connectivity index (χ1n) is 7.82. The van der Waals surface area contributed by atoms with E-state index in [0.717, 1.165) is 25.0 Å². The molecule has 2 atom stereocenters. The fourth-order valence-corrected chi connectivity index (χ4v) is 2.95. The lowest BCUT2D eigenvalue weighted by molar-refractivity contribution is -0.129. The van der Waals surface area contributed by atoms with E-state index in [9.17, 15) is 4.79 Å². The molecule has 0 radical (unpaired) electrons. The number of ether oxygens (including phenoxy) is 1. The van der Waals surface area contributed by atoms with E-state index < -0.39 is 0 Å². The molecule has 0 aliphatic carbocycles. The normalized spacial score (nSPS) is 19.3. The topological polar surface area (TPSA) is 56.2 Å². The highest BCUT2D eigenvalue weighted by atomic mass is 35.5. The number of rotatable bonds is 5. The molecule has 1 fully saturated rings. The van der Waals surface area contributed by atoms with Crippen LogP contribution in [0.4, 0.5) is 0 Å². The number of nitrogens with zero attached hydrogens (tertiary/aromatic N) is 2. The highest BCUT2D eigenvalue weighted by molar-refractivity contribution is 6.30. The molecular weight excluding hydrogens is 314 g/mol. The van der Waals surface area contributed by atoms with E-state index in [2.05, 4.69) is 10.3 Å². The summed E-state index contributed by atoms with van der Waals surface area (Å²) in [6, 6.07) is 7.66. The number of hydrogen-bond donors (Lipinski definition) is 1. The number of imidazole rings is 1. The lowest BCUT2D eigenvalue weighted by Crippen LogP contribution is -2.38. The quantitative estimate of drug-likeness (QED) is 0.915. The third kappa shape index (κ3) is 4.12. The summed E-state index contributed by atoms with van der Waals surface area (Å²) < 4.78 is 7.38. The van der Waals surface area contributed by atoms with Crippen molar-refractivity contribution in [3.63, 3.8) is 0 Å². The Bertz CT molecular complexity index is 622. The van der Waals surface area contributed by atoms with E-state index in [-0.39, 0.29) is 17.9 Å². The number of amides is 1. The number of benzene rings is 1. The second kappa shape index (κ2) is 7.62. The van der Waals surface area contributed by atoms with Crippen LogP contribution in [0.2, 0.25) is 5.02 Å². The summed E-state index contributed by atoms with van der Waals surface area (Å²) >= 11 is 5.97. The van der Waals surface area contributed by atoms with Gasteiger partial charge in [0.1, 0.15) is 0 Å². The Morgan fingerprint density at radius 2 is 2.26 bits per heavy atom. The zero-order valence-electron chi connectivity index (χ0n) is 12.8. The summed E-state index contributed by atoms with van der Waals surface area (Å²) in [5.74, 6) is 0.0150. The van der Waals surface area contributed by atoms with Crippen molar-refractivity contribution in [1.29, 1.82) is 0 Å². The van der Waals surface area contributed by atoms with Gasteiger partial charge in [-0.2, -0.15) is 0 Å². The van der Waals surface area contributed by atoms with E-state index in [4.69, 9.17) is 16.3 Å². The zero-order valence-corrected chi connectivity index (χ0v) is 13.6. The molecule has 122 valence electrons. The van der Waals surface area contributed by atoms with E-state index in [1.165, 1.54) is 0 Å². The highest BCUT2D eigenvalue weighted by Gasteiger charge is 2.23. The first kappa shape index (κ1) is 16.0. The van der Waals surface area contributed by atoms with Crippen LogP contribution < -0.4 is 5.32 Å². The number of halogens is 1. The van der Waals surface area contributed by atoms with Gasteiger partial charge in [-0.1, -0.05) is 23.7 Å². The molecule has 0 spiro atoms. The Labute approximate surface area is 140 Å². The molecule has 5 nitrogen and oxygen atoms in total. The van der Waals surface area contributed by atoms with Crippen LogP contribution in [0, 0.1) is 5.92 Å². The molecule has 1 aromatic heterocycles. The Hall–Kier alpha value is -1.85. The Kier molecular flexibility index (Phi) is 5.31. The highest BCUT2D eigenvalue weighted by Crippen LogP contribution is 2.20. The van der Waals surface area contributed by atoms with Crippen LogP contribution in [0.5, 0.6) is 0 Å². The van der Waals surface area contributed by atoms with Crippen molar-refractivity contribution in [2.75, 3.05) is 19.8 Å². The van der Waals surface area contributed by atoms with Gasteiger partial charge in [-0.25, -0.2) is 4.98 Å². The summed E-state index contributed by atoms with van der Waals surface area (Å²) in [6.07, 6.45) is 7.23. The Morgan fingerprint density at radius 1 is 1.43 bits per heavy atom. The van der Waals surface area contributed by atoms with Gasteiger partial charge in [0, 0.05) is 30.6 Å². The molecule has 0 unspecified atom stereocenters. The molecule has 1 amide bonds. The van der Waals surface area contributed by atoms with Crippen molar-refractivity contribution >= 4 is 17.5 Å². The molecule has 1 N–H and O–H groups in total. The van der Waals surface area contributed by atoms with Crippen LogP contribution in [0.25, 0.3) is 0 Å². The number of carbonyl (C=O) groups excluding carboxylic acids is 1. The molecule has 0 bridgehead atoms. The molecule has 6 heteroatoms. The van der Waals surface area contributed by atoms with Gasteiger partial charge in [0.25, 0.3) is 0 Å². The first-order chi connectivity index (χ1) is 11.2. The van der Waals surface area contributed by atoms with Gasteiger partial charge in [0.05, 0.1) is 24.9 Å². The molecule has 2 aromatic rings. The minimum absolute atomic E-state index is 0.0109. The van der Waals surface area contributed by atoms with E-state index in [0.29, 0.717) is 18.2 Å². The summed E-state index contributed by atoms with van der Waals surface area (Å²) in [5.41, 5.74) is 1.08. The van der Waals surface area contributed by atoms with Gasteiger partial charge in [-0.05, 0) is 30.5 Å². The molecule has 1 aliphatic rings. The average Bonchev–Trinajstić information content (AvgIpc) is 3.11. The lowest BCUT2D eigenvalue weighted by atomic mass is 10.0. The molecule has 1 aromatic carbocycles. The molecular formula is C17H20ClN3O2. The maximum atomic E-state index is 12.3. The van der Waals surface area contributed by atoms with Crippen LogP contribution in [0.1, 0.15) is 24.4 Å². The third-order valence-corrected chi connectivity index (χ3v) is 4.39. The number of aromatic nitrogens is 2. The average molecular weight is 334 g/mol. The van der Waals surface area contributed by atoms with Crippen molar-refractivity contribution < 1.29 is 9.53 Å². The van der Waals surface area contributed by atoms with E-state index >= 15 is 0 Å². The lowest BCUT2D eigenvalue weighted by Gasteiger charge is -2.24. The first-order valence-corrected chi connectivity index (χ1v) is 8.20. The maximum Gasteiger partial charge on any atom is 0.225 e. The summed E-state index contributed by atoms with van der Waals surface area (Å²) in [5, 5.41) is 3.75. The van der Waals surface area contributed by atoms with Crippen molar-refractivity contribution in [3.8, 4) is 0 Å². The minimum Gasteiger partial charge on any atom is -0.381 e. The number of carbonyl (C=O) groups is 1. The van der Waals surface area contributed by atoms with E-state index in [1.54, 1.807) is 12.5 Å². The SMILES string of the molecule is O=C(NC[C@H](c1ccc(Cl)cc1)n1ccnc1)[C@H]1CCCOC1. The fraction of sp³-hybridized carbons (Fsp3) is 0.412. The van der Waals surface area contributed by atoms with Gasteiger partial charge >= 0.3 is 0 Å². The summed E-state index contributed by atoms with van der Waals surface area (Å²) in [6.45, 7) is 1.78. The smallest absolute Gasteiger partial charge is 0.225 e. The number of hydrogen-bond acceptors (Lipinski definition) is 3. The molecule has 3 rings (SSSR count). The standard InChI is InChI=1S/C17H20ClN3O2/c18-15-5-3-13(4-6-15)16(21-8-7-19-12-21)10-20-17(22)14-2-1-9-23-11-14/h3-8,12,14,16H,1-2,9-11H2,(H,20,22)/t14-,16+/m0/s1. The van der Waals surface area contributed by atoms with Gasteiger partial charge in [0.15, 0.2) is 0 Å². The van der Waals surface area contributed by atoms with Gasteiger partial charge in [-0.15, -0.1) is 0 Å². The Morgan fingerprint density at radius 3 is 2.91 bits per heavy atom. The Balaban J connectivity index is 1.69. The van der Waals surface area contributed by atoms with Crippen LogP contribution in [-0.2, 0) is 9.53 Å². The summed E-state index contributed by atoms with van der Waals surface area (Å²) in [4.78, 5) is 16.4. The van der Waals surface area contributed by atoms with Crippen LogP contribution in [0.3, 0.4) is 0 Å². The summed E-state index contributed by atoms with van der Waals surface area (Å²) in [7, 11) is 0. The number of nitrogens with one attached hydrogen (secondary N) is 1. The van der Waals surface area contributed by atoms with Crippen LogP contribution >= 0.6 is 11.6 Å². The minimum atomic E-state index is -0.0441. The van der Waals surface area contributed by atoms with Crippen LogP contribution in [0.15, 0.2) is 43.0 Å².